The minimum atomic E-state index is -4.76. The highest BCUT2D eigenvalue weighted by Crippen LogP contribution is 2.38. The second-order valence-corrected chi connectivity index (χ2v) is 4.79. The Balaban J connectivity index is 2.51. The number of aryl methyl sites for hydroxylation is 1. The molecule has 0 amide bonds. The number of benzene rings is 1. The van der Waals surface area contributed by atoms with Gasteiger partial charge in [-0.25, -0.2) is 9.48 Å². The molecule has 5 nitrogen and oxygen atoms in total. The highest BCUT2D eigenvalue weighted by atomic mass is 19.4. The average molecular weight is 328 g/mol. The summed E-state index contributed by atoms with van der Waals surface area (Å²) in [5, 5.41) is 3.55. The number of ether oxygens (including phenoxy) is 2. The van der Waals surface area contributed by atoms with Crippen LogP contribution in [0, 0.1) is 13.8 Å². The predicted molar refractivity (Wildman–Crippen MR) is 75.7 cm³/mol. The summed E-state index contributed by atoms with van der Waals surface area (Å²) in [5.74, 6) is -0.656. The van der Waals surface area contributed by atoms with E-state index in [-0.39, 0.29) is 12.3 Å². The molecule has 0 spiro atoms. The Bertz CT molecular complexity index is 706. The number of halogens is 3. The minimum Gasteiger partial charge on any atom is -0.434 e. The number of rotatable bonds is 3. The third kappa shape index (κ3) is 3.64. The standard InChI is InChI=1S/C15H15F3N2O3/c1-4-22-14(21)23-12-10(3)20(19-13(12)15(16,17)18)11-7-5-9(2)6-8-11/h5-8H,4H2,1-3H3. The van der Waals surface area contributed by atoms with E-state index in [1.54, 1.807) is 24.3 Å². The molecule has 0 aliphatic carbocycles. The summed E-state index contributed by atoms with van der Waals surface area (Å²) in [4.78, 5) is 11.4. The first-order valence-corrected chi connectivity index (χ1v) is 6.82. The van der Waals surface area contributed by atoms with Crippen LogP contribution in [0.1, 0.15) is 23.9 Å². The van der Waals surface area contributed by atoms with Crippen molar-refractivity contribution >= 4 is 6.16 Å². The molecule has 0 aliphatic heterocycles. The summed E-state index contributed by atoms with van der Waals surface area (Å²) in [6.07, 6.45) is -5.97. The van der Waals surface area contributed by atoms with Crippen molar-refractivity contribution in [3.63, 3.8) is 0 Å². The second kappa shape index (κ2) is 6.31. The molecule has 0 atom stereocenters. The molecular formula is C15H15F3N2O3. The van der Waals surface area contributed by atoms with E-state index in [9.17, 15) is 18.0 Å². The van der Waals surface area contributed by atoms with Crippen LogP contribution in [0.25, 0.3) is 5.69 Å². The van der Waals surface area contributed by atoms with Crippen molar-refractivity contribution in [2.45, 2.75) is 26.9 Å². The molecule has 1 heterocycles. The highest BCUT2D eigenvalue weighted by Gasteiger charge is 2.41. The number of carbonyl (C=O) groups excluding carboxylic acids is 1. The SMILES string of the molecule is CCOC(=O)Oc1c(C(F)(F)F)nn(-c2ccc(C)cc2)c1C. The molecule has 0 saturated heterocycles. The Labute approximate surface area is 130 Å². The van der Waals surface area contributed by atoms with E-state index in [1.165, 1.54) is 13.8 Å². The Hall–Kier alpha value is -2.51. The summed E-state index contributed by atoms with van der Waals surface area (Å²) in [6, 6.07) is 6.75. The zero-order valence-electron chi connectivity index (χ0n) is 12.8. The minimum absolute atomic E-state index is 0.00860. The van der Waals surface area contributed by atoms with Crippen LogP contribution in [-0.4, -0.2) is 22.5 Å². The Morgan fingerprint density at radius 2 is 1.83 bits per heavy atom. The molecule has 0 fully saturated rings. The van der Waals surface area contributed by atoms with Crippen molar-refractivity contribution < 1.29 is 27.4 Å². The molecule has 0 bridgehead atoms. The summed E-state index contributed by atoms with van der Waals surface area (Å²) < 4.78 is 49.8. The molecule has 1 aromatic heterocycles. The van der Waals surface area contributed by atoms with Gasteiger partial charge in [0, 0.05) is 0 Å². The van der Waals surface area contributed by atoms with Gasteiger partial charge >= 0.3 is 12.3 Å². The lowest BCUT2D eigenvalue weighted by molar-refractivity contribution is -0.142. The average Bonchev–Trinajstić information content (AvgIpc) is 2.78. The van der Waals surface area contributed by atoms with Gasteiger partial charge in [-0.05, 0) is 32.9 Å². The van der Waals surface area contributed by atoms with Gasteiger partial charge in [-0.2, -0.15) is 18.3 Å². The van der Waals surface area contributed by atoms with Gasteiger partial charge in [-0.1, -0.05) is 17.7 Å². The van der Waals surface area contributed by atoms with Gasteiger partial charge in [-0.3, -0.25) is 0 Å². The van der Waals surface area contributed by atoms with Gasteiger partial charge in [-0.15, -0.1) is 0 Å². The molecule has 0 aliphatic rings. The number of hydrogen-bond acceptors (Lipinski definition) is 4. The molecule has 1 aromatic carbocycles. The number of nitrogens with zero attached hydrogens (tertiary/aromatic N) is 2. The van der Waals surface area contributed by atoms with Crippen molar-refractivity contribution in [1.29, 1.82) is 0 Å². The van der Waals surface area contributed by atoms with Crippen molar-refractivity contribution in [2.24, 2.45) is 0 Å². The van der Waals surface area contributed by atoms with E-state index in [2.05, 4.69) is 9.84 Å². The van der Waals surface area contributed by atoms with Crippen LogP contribution in [-0.2, 0) is 10.9 Å². The zero-order valence-corrected chi connectivity index (χ0v) is 12.8. The quantitative estimate of drug-likeness (QED) is 0.798. The maximum absolute atomic E-state index is 13.1. The second-order valence-electron chi connectivity index (χ2n) is 4.79. The van der Waals surface area contributed by atoms with Gasteiger partial charge in [0.25, 0.3) is 0 Å². The monoisotopic (exact) mass is 328 g/mol. The van der Waals surface area contributed by atoms with E-state index in [0.29, 0.717) is 5.69 Å². The summed E-state index contributed by atoms with van der Waals surface area (Å²) in [7, 11) is 0. The van der Waals surface area contributed by atoms with Gasteiger partial charge in [0.1, 0.15) is 0 Å². The summed E-state index contributed by atoms with van der Waals surface area (Å²) in [6.45, 7) is 4.76. The van der Waals surface area contributed by atoms with Crippen molar-refractivity contribution in [3.05, 3.63) is 41.2 Å². The third-order valence-electron chi connectivity index (χ3n) is 3.06. The first-order chi connectivity index (χ1) is 10.7. The maximum atomic E-state index is 13.1. The largest absolute Gasteiger partial charge is 0.513 e. The fourth-order valence-corrected chi connectivity index (χ4v) is 1.96. The number of hydrogen-bond donors (Lipinski definition) is 0. The topological polar surface area (TPSA) is 53.4 Å². The summed E-state index contributed by atoms with van der Waals surface area (Å²) in [5.41, 5.74) is 0.160. The molecule has 2 aromatic rings. The van der Waals surface area contributed by atoms with E-state index in [4.69, 9.17) is 4.74 Å². The van der Waals surface area contributed by atoms with Crippen LogP contribution in [0.2, 0.25) is 0 Å². The number of alkyl halides is 3. The molecule has 0 radical (unpaired) electrons. The lowest BCUT2D eigenvalue weighted by Gasteiger charge is -2.07. The molecular weight excluding hydrogens is 313 g/mol. The van der Waals surface area contributed by atoms with E-state index in [0.717, 1.165) is 10.2 Å². The fourth-order valence-electron chi connectivity index (χ4n) is 1.96. The van der Waals surface area contributed by atoms with Crippen LogP contribution in [0.15, 0.2) is 24.3 Å². The highest BCUT2D eigenvalue weighted by molar-refractivity contribution is 5.65. The van der Waals surface area contributed by atoms with Crippen LogP contribution < -0.4 is 4.74 Å². The number of aromatic nitrogens is 2. The van der Waals surface area contributed by atoms with E-state index >= 15 is 0 Å². The van der Waals surface area contributed by atoms with E-state index < -0.39 is 23.8 Å². The van der Waals surface area contributed by atoms with Crippen molar-refractivity contribution in [1.82, 2.24) is 9.78 Å². The van der Waals surface area contributed by atoms with Crippen LogP contribution in [0.5, 0.6) is 5.75 Å². The first kappa shape index (κ1) is 16.9. The van der Waals surface area contributed by atoms with Crippen molar-refractivity contribution in [2.75, 3.05) is 6.61 Å². The van der Waals surface area contributed by atoms with E-state index in [1.807, 2.05) is 6.92 Å². The number of carbonyl (C=O) groups is 1. The molecule has 0 N–H and O–H groups in total. The normalized spacial score (nSPS) is 11.4. The molecule has 124 valence electrons. The van der Waals surface area contributed by atoms with Crippen LogP contribution in [0.3, 0.4) is 0 Å². The molecule has 0 saturated carbocycles. The molecule has 0 unspecified atom stereocenters. The summed E-state index contributed by atoms with van der Waals surface area (Å²) >= 11 is 0. The van der Waals surface area contributed by atoms with Crippen molar-refractivity contribution in [3.8, 4) is 11.4 Å². The van der Waals surface area contributed by atoms with Gasteiger partial charge in [0.05, 0.1) is 18.0 Å². The lowest BCUT2D eigenvalue weighted by atomic mass is 10.2. The molecule has 23 heavy (non-hydrogen) atoms. The van der Waals surface area contributed by atoms with Gasteiger partial charge in [0.2, 0.25) is 5.69 Å². The first-order valence-electron chi connectivity index (χ1n) is 6.82. The molecule has 8 heteroatoms. The Morgan fingerprint density at radius 1 is 1.22 bits per heavy atom. The maximum Gasteiger partial charge on any atom is 0.513 e. The third-order valence-corrected chi connectivity index (χ3v) is 3.06. The van der Waals surface area contributed by atoms with Crippen LogP contribution in [0.4, 0.5) is 18.0 Å². The van der Waals surface area contributed by atoms with Gasteiger partial charge in [0.15, 0.2) is 5.75 Å². The zero-order chi connectivity index (χ0) is 17.2. The fraction of sp³-hybridized carbons (Fsp3) is 0.333. The lowest BCUT2D eigenvalue weighted by Crippen LogP contribution is -2.14. The van der Waals surface area contributed by atoms with Crippen LogP contribution >= 0.6 is 0 Å². The predicted octanol–water partition coefficient (Wildman–Crippen LogP) is 4.04. The molecule has 2 rings (SSSR count). The van der Waals surface area contributed by atoms with Gasteiger partial charge < -0.3 is 9.47 Å². The Morgan fingerprint density at radius 3 is 2.35 bits per heavy atom. The smallest absolute Gasteiger partial charge is 0.434 e. The Kier molecular flexibility index (Phi) is 4.63.